The number of halogens is 5. The molecule has 1 heterocycles. The highest BCUT2D eigenvalue weighted by Gasteiger charge is 2.33. The second-order valence-corrected chi connectivity index (χ2v) is 10.1. The minimum atomic E-state index is -4.60. The molecule has 0 aliphatic heterocycles. The molecule has 0 radical (unpaired) electrons. The highest BCUT2D eigenvalue weighted by molar-refractivity contribution is 7.92. The number of allylic oxidation sites excluding steroid dienone is 1. The summed E-state index contributed by atoms with van der Waals surface area (Å²) in [5, 5.41) is 2.58. The number of amides is 1. The van der Waals surface area contributed by atoms with Crippen molar-refractivity contribution in [3.8, 4) is 0 Å². The molecule has 36 heavy (non-hydrogen) atoms. The topological polar surface area (TPSA) is 88.2 Å². The first-order chi connectivity index (χ1) is 16.7. The van der Waals surface area contributed by atoms with Crippen LogP contribution < -0.4 is 10.0 Å². The molecule has 1 unspecified atom stereocenters. The quantitative estimate of drug-likeness (QED) is 0.300. The number of carbonyl (C=O) groups is 1. The number of rotatable bonds is 10. The number of carbonyl (C=O) groups excluding carboxylic acids is 1. The van der Waals surface area contributed by atoms with Crippen LogP contribution in [0, 0.1) is 11.6 Å². The predicted octanol–water partition coefficient (Wildman–Crippen LogP) is 5.76. The average Bonchev–Trinajstić information content (AvgIpc) is 2.74. The molecule has 1 amide bonds. The van der Waals surface area contributed by atoms with E-state index in [4.69, 9.17) is 0 Å². The minimum absolute atomic E-state index is 0.0470. The van der Waals surface area contributed by atoms with Crippen molar-refractivity contribution in [1.29, 1.82) is 0 Å². The highest BCUT2D eigenvalue weighted by atomic mass is 32.2. The zero-order valence-electron chi connectivity index (χ0n) is 20.3. The third-order valence-corrected chi connectivity index (χ3v) is 5.71. The molecule has 12 heteroatoms. The van der Waals surface area contributed by atoms with E-state index < -0.39 is 51.2 Å². The summed E-state index contributed by atoms with van der Waals surface area (Å²) in [4.78, 5) is 16.5. The molecule has 6 nitrogen and oxygen atoms in total. The maximum atomic E-state index is 14.3. The third kappa shape index (κ3) is 8.00. The zero-order chi connectivity index (χ0) is 27.3. The molecule has 2 aromatic rings. The van der Waals surface area contributed by atoms with Crippen LogP contribution in [0.5, 0.6) is 0 Å². The maximum absolute atomic E-state index is 14.3. The van der Waals surface area contributed by atoms with Gasteiger partial charge in [0.15, 0.2) is 11.6 Å². The van der Waals surface area contributed by atoms with Crippen molar-refractivity contribution < 1.29 is 35.2 Å². The Morgan fingerprint density at radius 3 is 2.22 bits per heavy atom. The van der Waals surface area contributed by atoms with E-state index in [1.807, 2.05) is 6.92 Å². The van der Waals surface area contributed by atoms with Crippen molar-refractivity contribution in [3.05, 3.63) is 64.5 Å². The molecule has 2 rings (SSSR count). The molecule has 0 spiro atoms. The largest absolute Gasteiger partial charge is 0.433 e. The summed E-state index contributed by atoms with van der Waals surface area (Å²) in [7, 11) is -3.91. The minimum Gasteiger partial charge on any atom is -0.346 e. The normalized spacial score (nSPS) is 13.4. The van der Waals surface area contributed by atoms with Crippen LogP contribution in [0.3, 0.4) is 0 Å². The van der Waals surface area contributed by atoms with Crippen LogP contribution in [0.4, 0.5) is 27.6 Å². The molecule has 198 valence electrons. The Morgan fingerprint density at radius 1 is 1.11 bits per heavy atom. The fourth-order valence-corrected chi connectivity index (χ4v) is 4.12. The molecule has 1 aromatic carbocycles. The lowest BCUT2D eigenvalue weighted by atomic mass is 9.96. The third-order valence-electron chi connectivity index (χ3n) is 5.13. The fourth-order valence-electron chi connectivity index (χ4n) is 3.56. The summed E-state index contributed by atoms with van der Waals surface area (Å²) in [6, 6.07) is 3.11. The molecule has 0 saturated heterocycles. The Morgan fingerprint density at radius 2 is 1.72 bits per heavy atom. The SMILES string of the molecule is CCCC(=CC(=O)NC(C)c1cc(F)c(NS(C)(=O)=O)c(F)c1)c1ccc(C(F)(F)F)nc1CCC. The van der Waals surface area contributed by atoms with Gasteiger partial charge in [-0.1, -0.05) is 32.8 Å². The van der Waals surface area contributed by atoms with Gasteiger partial charge in [-0.2, -0.15) is 13.2 Å². The average molecular weight is 534 g/mol. The first-order valence-corrected chi connectivity index (χ1v) is 13.1. The summed E-state index contributed by atoms with van der Waals surface area (Å²) in [5.74, 6) is -2.93. The number of aromatic nitrogens is 1. The molecule has 0 fully saturated rings. The van der Waals surface area contributed by atoms with Gasteiger partial charge >= 0.3 is 6.18 Å². The summed E-state index contributed by atoms with van der Waals surface area (Å²) >= 11 is 0. The number of nitrogens with one attached hydrogen (secondary N) is 2. The molecule has 0 bridgehead atoms. The second kappa shape index (κ2) is 11.8. The molecule has 0 saturated carbocycles. The van der Waals surface area contributed by atoms with Crippen molar-refractivity contribution in [2.24, 2.45) is 0 Å². The predicted molar refractivity (Wildman–Crippen MR) is 128 cm³/mol. The molecule has 0 aliphatic carbocycles. The number of pyridine rings is 1. The van der Waals surface area contributed by atoms with Gasteiger partial charge in [-0.15, -0.1) is 0 Å². The Bertz CT molecular complexity index is 1220. The van der Waals surface area contributed by atoms with Crippen LogP contribution in [0.1, 0.15) is 68.6 Å². The number of benzene rings is 1. The van der Waals surface area contributed by atoms with E-state index in [2.05, 4.69) is 10.3 Å². The standard InChI is InChI=1S/C24H28F5N3O3S/c1-5-7-15(17-9-10-21(24(27,28)29)31-20(17)8-6-2)13-22(33)30-14(3)16-11-18(25)23(19(26)12-16)32-36(4,34)35/h9-14,32H,5-8H2,1-4H3,(H,30,33). The van der Waals surface area contributed by atoms with Crippen LogP contribution in [0.15, 0.2) is 30.3 Å². The molecule has 1 atom stereocenters. The first-order valence-electron chi connectivity index (χ1n) is 11.2. The fraction of sp³-hybridized carbons (Fsp3) is 0.417. The number of hydrogen-bond donors (Lipinski definition) is 2. The van der Waals surface area contributed by atoms with Crippen molar-refractivity contribution in [2.45, 2.75) is 58.7 Å². The van der Waals surface area contributed by atoms with Crippen LogP contribution in [0.2, 0.25) is 0 Å². The lowest BCUT2D eigenvalue weighted by Gasteiger charge is -2.17. The van der Waals surface area contributed by atoms with Gasteiger partial charge in [0.25, 0.3) is 0 Å². The number of anilines is 1. The van der Waals surface area contributed by atoms with Gasteiger partial charge in [0.05, 0.1) is 12.3 Å². The Labute approximate surface area is 207 Å². The number of sulfonamides is 1. The van der Waals surface area contributed by atoms with Crippen molar-refractivity contribution in [1.82, 2.24) is 10.3 Å². The first kappa shape index (κ1) is 29.2. The van der Waals surface area contributed by atoms with Crippen LogP contribution in [0.25, 0.3) is 5.57 Å². The number of nitrogens with zero attached hydrogens (tertiary/aromatic N) is 1. The second-order valence-electron chi connectivity index (χ2n) is 8.32. The van der Waals surface area contributed by atoms with E-state index in [0.717, 1.165) is 24.5 Å². The smallest absolute Gasteiger partial charge is 0.346 e. The molecule has 0 aliphatic rings. The van der Waals surface area contributed by atoms with E-state index in [1.54, 1.807) is 11.6 Å². The van der Waals surface area contributed by atoms with Crippen LogP contribution in [-0.2, 0) is 27.4 Å². The summed E-state index contributed by atoms with van der Waals surface area (Å²) in [6.45, 7) is 5.13. The molecular weight excluding hydrogens is 505 g/mol. The van der Waals surface area contributed by atoms with Crippen molar-refractivity contribution >= 4 is 27.2 Å². The lowest BCUT2D eigenvalue weighted by Crippen LogP contribution is -2.25. The van der Waals surface area contributed by atoms with Crippen molar-refractivity contribution in [3.63, 3.8) is 0 Å². The maximum Gasteiger partial charge on any atom is 0.433 e. The molecule has 2 N–H and O–H groups in total. The number of alkyl halides is 3. The van der Waals surface area contributed by atoms with Gasteiger partial charge in [0.2, 0.25) is 15.9 Å². The monoisotopic (exact) mass is 533 g/mol. The van der Waals surface area contributed by atoms with Crippen LogP contribution in [-0.4, -0.2) is 25.6 Å². The van der Waals surface area contributed by atoms with Gasteiger partial charge in [-0.25, -0.2) is 22.2 Å². The number of aryl methyl sites for hydroxylation is 1. The van der Waals surface area contributed by atoms with E-state index >= 15 is 0 Å². The zero-order valence-corrected chi connectivity index (χ0v) is 21.1. The van der Waals surface area contributed by atoms with E-state index in [9.17, 15) is 35.2 Å². The summed E-state index contributed by atoms with van der Waals surface area (Å²) in [6.07, 6.45) is -0.779. The van der Waals surface area contributed by atoms with Gasteiger partial charge in [0, 0.05) is 11.8 Å². The Hall–Kier alpha value is -3.02. The lowest BCUT2D eigenvalue weighted by molar-refractivity contribution is -0.141. The van der Waals surface area contributed by atoms with E-state index in [1.165, 1.54) is 19.1 Å². The van der Waals surface area contributed by atoms with E-state index in [-0.39, 0.29) is 17.7 Å². The molecule has 1 aromatic heterocycles. The van der Waals surface area contributed by atoms with E-state index in [0.29, 0.717) is 30.4 Å². The van der Waals surface area contributed by atoms with Gasteiger partial charge < -0.3 is 5.32 Å². The molecular formula is C24H28F5N3O3S. The van der Waals surface area contributed by atoms with Gasteiger partial charge in [0.1, 0.15) is 11.4 Å². The summed E-state index contributed by atoms with van der Waals surface area (Å²) < 4.78 is 92.4. The highest BCUT2D eigenvalue weighted by Crippen LogP contribution is 2.31. The Balaban J connectivity index is 2.35. The number of hydrogen-bond acceptors (Lipinski definition) is 4. The Kier molecular flexibility index (Phi) is 9.58. The van der Waals surface area contributed by atoms with Gasteiger partial charge in [-0.05, 0) is 54.7 Å². The van der Waals surface area contributed by atoms with Crippen LogP contribution >= 0.6 is 0 Å². The van der Waals surface area contributed by atoms with Crippen molar-refractivity contribution in [2.75, 3.05) is 11.0 Å². The van der Waals surface area contributed by atoms with Gasteiger partial charge in [-0.3, -0.25) is 9.52 Å². The summed E-state index contributed by atoms with van der Waals surface area (Å²) in [5.41, 5.74) is -0.652.